The van der Waals surface area contributed by atoms with Gasteiger partial charge in [0.15, 0.2) is 0 Å². The number of methoxy groups -OCH3 is 1. The predicted molar refractivity (Wildman–Crippen MR) is 71.2 cm³/mol. The number of imide groups is 1. The fourth-order valence-electron chi connectivity index (χ4n) is 2.10. The third-order valence-corrected chi connectivity index (χ3v) is 3.10. The maximum absolute atomic E-state index is 12.0. The van der Waals surface area contributed by atoms with E-state index in [1.54, 1.807) is 31.4 Å². The number of benzene rings is 1. The molecule has 0 unspecified atom stereocenters. The topological polar surface area (TPSA) is 58.6 Å². The van der Waals surface area contributed by atoms with E-state index in [2.05, 4.69) is 5.32 Å². The number of nitrogens with one attached hydrogen (secondary N) is 1. The minimum absolute atomic E-state index is 0.183. The molecular weight excluding hydrogens is 244 g/mol. The molecule has 2 rings (SSSR count). The third kappa shape index (κ3) is 3.00. The van der Waals surface area contributed by atoms with E-state index in [0.29, 0.717) is 24.3 Å². The van der Waals surface area contributed by atoms with Gasteiger partial charge in [-0.3, -0.25) is 14.5 Å². The van der Waals surface area contributed by atoms with Gasteiger partial charge in [0.2, 0.25) is 0 Å². The van der Waals surface area contributed by atoms with Crippen LogP contribution in [0, 0.1) is 0 Å². The molecular formula is C14H18N2O3. The van der Waals surface area contributed by atoms with Crippen LogP contribution >= 0.6 is 0 Å². The van der Waals surface area contributed by atoms with Crippen LogP contribution in [0.5, 0.6) is 0 Å². The summed E-state index contributed by atoms with van der Waals surface area (Å²) in [6.45, 7) is 2.65. The molecule has 0 bridgehead atoms. The Labute approximate surface area is 112 Å². The van der Waals surface area contributed by atoms with Crippen molar-refractivity contribution in [1.82, 2.24) is 10.2 Å². The molecule has 1 aromatic carbocycles. The molecule has 0 atom stereocenters. The van der Waals surface area contributed by atoms with Gasteiger partial charge in [-0.25, -0.2) is 0 Å². The molecule has 5 heteroatoms. The Morgan fingerprint density at radius 3 is 2.32 bits per heavy atom. The lowest BCUT2D eigenvalue weighted by Gasteiger charge is -2.13. The summed E-state index contributed by atoms with van der Waals surface area (Å²) in [5.41, 5.74) is 1.03. The smallest absolute Gasteiger partial charge is 0.261 e. The highest BCUT2D eigenvalue weighted by molar-refractivity contribution is 6.21. The Kier molecular flexibility index (Phi) is 4.65. The van der Waals surface area contributed by atoms with Crippen LogP contribution < -0.4 is 5.32 Å². The van der Waals surface area contributed by atoms with Crippen LogP contribution in [0.25, 0.3) is 0 Å². The van der Waals surface area contributed by atoms with E-state index in [9.17, 15) is 9.59 Å². The van der Waals surface area contributed by atoms with Crippen LogP contribution in [0.1, 0.15) is 27.1 Å². The number of hydrogen-bond acceptors (Lipinski definition) is 4. The third-order valence-electron chi connectivity index (χ3n) is 3.10. The summed E-state index contributed by atoms with van der Waals surface area (Å²) in [6.07, 6.45) is 0.745. The van der Waals surface area contributed by atoms with Gasteiger partial charge >= 0.3 is 0 Å². The summed E-state index contributed by atoms with van der Waals surface area (Å²) in [4.78, 5) is 25.4. The monoisotopic (exact) mass is 262 g/mol. The minimum Gasteiger partial charge on any atom is -0.383 e. The van der Waals surface area contributed by atoms with Crippen molar-refractivity contribution in [3.8, 4) is 0 Å². The van der Waals surface area contributed by atoms with Crippen LogP contribution in [0.4, 0.5) is 0 Å². The van der Waals surface area contributed by atoms with E-state index in [4.69, 9.17) is 4.74 Å². The highest BCUT2D eigenvalue weighted by Gasteiger charge is 2.34. The zero-order chi connectivity index (χ0) is 13.7. The van der Waals surface area contributed by atoms with Crippen molar-refractivity contribution in [2.45, 2.75) is 6.42 Å². The average molecular weight is 262 g/mol. The molecule has 0 spiro atoms. The molecule has 19 heavy (non-hydrogen) atoms. The van der Waals surface area contributed by atoms with Crippen molar-refractivity contribution in [3.63, 3.8) is 0 Å². The van der Waals surface area contributed by atoms with E-state index < -0.39 is 0 Å². The largest absolute Gasteiger partial charge is 0.383 e. The van der Waals surface area contributed by atoms with Crippen molar-refractivity contribution in [3.05, 3.63) is 35.4 Å². The van der Waals surface area contributed by atoms with Gasteiger partial charge in [-0.05, 0) is 25.1 Å². The lowest BCUT2D eigenvalue weighted by atomic mass is 10.1. The molecule has 0 radical (unpaired) electrons. The standard InChI is InChI=1S/C14H18N2O3/c1-19-10-8-15-7-4-9-16-13(17)11-5-2-3-6-12(11)14(16)18/h2-3,5-6,15H,4,7-10H2,1H3. The fourth-order valence-corrected chi connectivity index (χ4v) is 2.10. The number of amides is 2. The summed E-state index contributed by atoms with van der Waals surface area (Å²) < 4.78 is 4.92. The number of carbonyl (C=O) groups excluding carboxylic acids is 2. The quantitative estimate of drug-likeness (QED) is 0.586. The zero-order valence-electron chi connectivity index (χ0n) is 11.0. The average Bonchev–Trinajstić information content (AvgIpc) is 2.68. The first-order valence-corrected chi connectivity index (χ1v) is 6.40. The highest BCUT2D eigenvalue weighted by Crippen LogP contribution is 2.22. The van der Waals surface area contributed by atoms with Crippen molar-refractivity contribution >= 4 is 11.8 Å². The Morgan fingerprint density at radius 1 is 1.11 bits per heavy atom. The van der Waals surface area contributed by atoms with Crippen LogP contribution in [-0.2, 0) is 4.74 Å². The predicted octanol–water partition coefficient (Wildman–Crippen LogP) is 0.909. The van der Waals surface area contributed by atoms with Gasteiger partial charge < -0.3 is 10.1 Å². The summed E-state index contributed by atoms with van der Waals surface area (Å²) >= 11 is 0. The Bertz CT molecular complexity index is 439. The minimum atomic E-state index is -0.183. The first-order valence-electron chi connectivity index (χ1n) is 6.40. The van der Waals surface area contributed by atoms with Gasteiger partial charge in [0.05, 0.1) is 17.7 Å². The molecule has 0 saturated carbocycles. The van der Waals surface area contributed by atoms with Crippen molar-refractivity contribution < 1.29 is 14.3 Å². The number of rotatable bonds is 7. The number of fused-ring (bicyclic) bond motifs is 1. The second-order valence-electron chi connectivity index (χ2n) is 4.40. The van der Waals surface area contributed by atoms with Crippen LogP contribution in [-0.4, -0.2) is 50.1 Å². The van der Waals surface area contributed by atoms with Gasteiger partial charge in [-0.1, -0.05) is 12.1 Å². The number of carbonyl (C=O) groups is 2. The van der Waals surface area contributed by atoms with Gasteiger partial charge in [-0.15, -0.1) is 0 Å². The Morgan fingerprint density at radius 2 is 1.74 bits per heavy atom. The van der Waals surface area contributed by atoms with E-state index in [-0.39, 0.29) is 11.8 Å². The number of nitrogens with zero attached hydrogens (tertiary/aromatic N) is 1. The first kappa shape index (κ1) is 13.7. The van der Waals surface area contributed by atoms with Crippen LogP contribution in [0.2, 0.25) is 0 Å². The van der Waals surface area contributed by atoms with Crippen LogP contribution in [0.3, 0.4) is 0 Å². The van der Waals surface area contributed by atoms with E-state index in [0.717, 1.165) is 19.5 Å². The van der Waals surface area contributed by atoms with E-state index >= 15 is 0 Å². The maximum Gasteiger partial charge on any atom is 0.261 e. The van der Waals surface area contributed by atoms with Crippen molar-refractivity contribution in [2.75, 3.05) is 33.4 Å². The molecule has 102 valence electrons. The van der Waals surface area contributed by atoms with Crippen LogP contribution in [0.15, 0.2) is 24.3 Å². The molecule has 0 saturated heterocycles. The fraction of sp³-hybridized carbons (Fsp3) is 0.429. The van der Waals surface area contributed by atoms with E-state index in [1.165, 1.54) is 4.90 Å². The molecule has 0 aromatic heterocycles. The van der Waals surface area contributed by atoms with Crippen molar-refractivity contribution in [1.29, 1.82) is 0 Å². The van der Waals surface area contributed by atoms with Gasteiger partial charge in [0.1, 0.15) is 0 Å². The van der Waals surface area contributed by atoms with Crippen molar-refractivity contribution in [2.24, 2.45) is 0 Å². The zero-order valence-corrected chi connectivity index (χ0v) is 11.0. The second kappa shape index (κ2) is 6.45. The molecule has 5 nitrogen and oxygen atoms in total. The summed E-state index contributed by atoms with van der Waals surface area (Å²) in [6, 6.07) is 6.96. The molecule has 0 fully saturated rings. The van der Waals surface area contributed by atoms with E-state index in [1.807, 2.05) is 0 Å². The number of hydrogen-bond donors (Lipinski definition) is 1. The molecule has 0 aliphatic carbocycles. The highest BCUT2D eigenvalue weighted by atomic mass is 16.5. The Hall–Kier alpha value is -1.72. The summed E-state index contributed by atoms with van der Waals surface area (Å²) in [5, 5.41) is 3.19. The normalized spacial score (nSPS) is 14.1. The maximum atomic E-state index is 12.0. The molecule has 1 heterocycles. The lowest BCUT2D eigenvalue weighted by Crippen LogP contribution is -2.32. The lowest BCUT2D eigenvalue weighted by molar-refractivity contribution is 0.0652. The summed E-state index contributed by atoms with van der Waals surface area (Å²) in [7, 11) is 1.65. The molecule has 2 amide bonds. The second-order valence-corrected chi connectivity index (χ2v) is 4.40. The van der Waals surface area contributed by atoms with Gasteiger partial charge in [0, 0.05) is 20.2 Å². The van der Waals surface area contributed by atoms with Gasteiger partial charge in [0.25, 0.3) is 11.8 Å². The number of ether oxygens (including phenoxy) is 1. The van der Waals surface area contributed by atoms with Gasteiger partial charge in [-0.2, -0.15) is 0 Å². The molecule has 1 aliphatic rings. The first-order chi connectivity index (χ1) is 9.25. The Balaban J connectivity index is 1.83. The molecule has 1 aliphatic heterocycles. The molecule has 1 aromatic rings. The SMILES string of the molecule is COCCNCCCN1C(=O)c2ccccc2C1=O. The summed E-state index contributed by atoms with van der Waals surface area (Å²) in [5.74, 6) is -0.366. The molecule has 1 N–H and O–H groups in total.